The number of para-hydroxylation sites is 2. The van der Waals surface area contributed by atoms with Crippen molar-refractivity contribution in [2.75, 3.05) is 4.90 Å². The number of hydrogen-bond donors (Lipinski definition) is 0. The van der Waals surface area contributed by atoms with E-state index in [1.54, 1.807) is 0 Å². The van der Waals surface area contributed by atoms with E-state index in [1.165, 1.54) is 102 Å². The Morgan fingerprint density at radius 1 is 0.471 bits per heavy atom. The molecule has 0 aliphatic heterocycles. The first-order valence-electron chi connectivity index (χ1n) is 18.2. The Kier molecular flexibility index (Phi) is 7.28. The van der Waals surface area contributed by atoms with Crippen LogP contribution in [-0.2, 0) is 5.41 Å². The van der Waals surface area contributed by atoms with Gasteiger partial charge in [-0.25, -0.2) is 0 Å². The van der Waals surface area contributed by atoms with Crippen LogP contribution in [0.1, 0.15) is 43.2 Å². The fourth-order valence-corrected chi connectivity index (χ4v) is 10.0. The molecule has 1 saturated carbocycles. The molecule has 0 N–H and O–H groups in total. The van der Waals surface area contributed by atoms with Crippen LogP contribution < -0.4 is 4.90 Å². The van der Waals surface area contributed by atoms with Crippen molar-refractivity contribution >= 4 is 70.4 Å². The third-order valence-corrected chi connectivity index (χ3v) is 12.4. The Hall–Kier alpha value is -5.64. The van der Waals surface area contributed by atoms with E-state index in [2.05, 4.69) is 179 Å². The van der Waals surface area contributed by atoms with E-state index >= 15 is 0 Å². The average molecular weight is 675 g/mol. The van der Waals surface area contributed by atoms with Crippen LogP contribution in [0.15, 0.2) is 170 Å². The van der Waals surface area contributed by atoms with Crippen molar-refractivity contribution in [3.05, 3.63) is 181 Å². The van der Waals surface area contributed by atoms with E-state index < -0.39 is 0 Å². The molecule has 0 atom stereocenters. The SMILES string of the molecule is c1ccc(-n2c3ccccc3c3ccc(N(c4ccc(C5(c6ccccc6)CCCCC5)cc4)c4cccc5sc6ccccc6c45)cc32)cc1. The molecule has 1 aliphatic carbocycles. The van der Waals surface area contributed by atoms with Gasteiger partial charge in [0.2, 0.25) is 0 Å². The Bertz CT molecular complexity index is 2660. The van der Waals surface area contributed by atoms with Crippen molar-refractivity contribution in [2.45, 2.75) is 37.5 Å². The van der Waals surface area contributed by atoms with Gasteiger partial charge in [-0.2, -0.15) is 0 Å². The molecule has 7 aromatic carbocycles. The van der Waals surface area contributed by atoms with Gasteiger partial charge in [-0.05, 0) is 84.6 Å². The summed E-state index contributed by atoms with van der Waals surface area (Å²) in [5.74, 6) is 0. The standard InChI is InChI=1S/C48H38N2S/c1-4-15-34(16-5-1)48(31-12-3-13-32-48)35-25-27-37(28-26-35)49(43-22-14-24-46-47(43)41-20-9-11-23-45(41)51-46)38-29-30-40-39-19-8-10-21-42(39)50(44(40)33-38)36-17-6-2-7-18-36/h1-2,4-11,14-30,33H,3,12-13,31-32H2. The molecule has 2 nitrogen and oxygen atoms in total. The predicted octanol–water partition coefficient (Wildman–Crippen LogP) is 13.9. The molecule has 0 spiro atoms. The molecular formula is C48H38N2S. The Balaban J connectivity index is 1.21. The highest BCUT2D eigenvalue weighted by Crippen LogP contribution is 2.48. The number of hydrogen-bond acceptors (Lipinski definition) is 2. The molecule has 0 unspecified atom stereocenters. The van der Waals surface area contributed by atoms with Crippen molar-refractivity contribution in [1.82, 2.24) is 4.57 Å². The number of anilines is 3. The molecule has 51 heavy (non-hydrogen) atoms. The Morgan fingerprint density at radius 3 is 1.90 bits per heavy atom. The summed E-state index contributed by atoms with van der Waals surface area (Å²) in [5.41, 5.74) is 10.0. The van der Waals surface area contributed by atoms with Gasteiger partial charge in [0.15, 0.2) is 0 Å². The highest BCUT2D eigenvalue weighted by Gasteiger charge is 2.35. The van der Waals surface area contributed by atoms with Crippen molar-refractivity contribution in [3.63, 3.8) is 0 Å². The molecule has 2 heterocycles. The van der Waals surface area contributed by atoms with Crippen LogP contribution in [0, 0.1) is 0 Å². The molecular weight excluding hydrogens is 637 g/mol. The van der Waals surface area contributed by atoms with E-state index in [4.69, 9.17) is 0 Å². The maximum atomic E-state index is 2.49. The minimum Gasteiger partial charge on any atom is -0.310 e. The summed E-state index contributed by atoms with van der Waals surface area (Å²) in [7, 11) is 0. The summed E-state index contributed by atoms with van der Waals surface area (Å²) in [5, 5.41) is 5.14. The van der Waals surface area contributed by atoms with Crippen LogP contribution in [0.4, 0.5) is 17.1 Å². The molecule has 1 fully saturated rings. The minimum atomic E-state index is 0.0575. The second kappa shape index (κ2) is 12.3. The fourth-order valence-electron chi connectivity index (χ4n) is 8.91. The number of thiophene rings is 1. The topological polar surface area (TPSA) is 8.17 Å². The van der Waals surface area contributed by atoms with Gasteiger partial charge in [-0.1, -0.05) is 128 Å². The van der Waals surface area contributed by atoms with Crippen molar-refractivity contribution in [2.24, 2.45) is 0 Å². The first-order valence-corrected chi connectivity index (χ1v) is 19.1. The highest BCUT2D eigenvalue weighted by atomic mass is 32.1. The highest BCUT2D eigenvalue weighted by molar-refractivity contribution is 7.26. The largest absolute Gasteiger partial charge is 0.310 e. The monoisotopic (exact) mass is 674 g/mol. The van der Waals surface area contributed by atoms with Crippen LogP contribution >= 0.6 is 11.3 Å². The van der Waals surface area contributed by atoms with Gasteiger partial charge >= 0.3 is 0 Å². The van der Waals surface area contributed by atoms with Gasteiger partial charge in [-0.3, -0.25) is 0 Å². The van der Waals surface area contributed by atoms with Gasteiger partial charge < -0.3 is 9.47 Å². The van der Waals surface area contributed by atoms with Crippen LogP contribution in [0.25, 0.3) is 47.7 Å². The number of benzene rings is 7. The van der Waals surface area contributed by atoms with E-state index in [0.717, 1.165) is 5.69 Å². The molecule has 3 heteroatoms. The van der Waals surface area contributed by atoms with Gasteiger partial charge in [0.25, 0.3) is 0 Å². The predicted molar refractivity (Wildman–Crippen MR) is 219 cm³/mol. The maximum Gasteiger partial charge on any atom is 0.0561 e. The van der Waals surface area contributed by atoms with Gasteiger partial charge in [0.1, 0.15) is 0 Å². The van der Waals surface area contributed by atoms with Crippen LogP contribution in [0.5, 0.6) is 0 Å². The van der Waals surface area contributed by atoms with Crippen LogP contribution in [-0.4, -0.2) is 4.57 Å². The zero-order valence-electron chi connectivity index (χ0n) is 28.5. The van der Waals surface area contributed by atoms with Crippen LogP contribution in [0.3, 0.4) is 0 Å². The van der Waals surface area contributed by atoms with E-state index in [0.29, 0.717) is 0 Å². The minimum absolute atomic E-state index is 0.0575. The lowest BCUT2D eigenvalue weighted by Gasteiger charge is -2.39. The van der Waals surface area contributed by atoms with Crippen molar-refractivity contribution < 1.29 is 0 Å². The molecule has 1 aliphatic rings. The molecule has 2 aromatic heterocycles. The van der Waals surface area contributed by atoms with E-state index in [1.807, 2.05) is 11.3 Å². The lowest BCUT2D eigenvalue weighted by atomic mass is 9.65. The first-order chi connectivity index (χ1) is 25.3. The molecule has 0 amide bonds. The number of nitrogens with zero attached hydrogens (tertiary/aromatic N) is 2. The van der Waals surface area contributed by atoms with E-state index in [9.17, 15) is 0 Å². The fraction of sp³-hybridized carbons (Fsp3) is 0.125. The number of rotatable bonds is 6. The summed E-state index contributed by atoms with van der Waals surface area (Å²) >= 11 is 1.88. The second-order valence-corrected chi connectivity index (χ2v) is 15.1. The van der Waals surface area contributed by atoms with Crippen LogP contribution in [0.2, 0.25) is 0 Å². The van der Waals surface area contributed by atoms with E-state index in [-0.39, 0.29) is 5.41 Å². The third kappa shape index (κ3) is 4.91. The summed E-state index contributed by atoms with van der Waals surface area (Å²) in [4.78, 5) is 2.49. The molecule has 0 saturated heterocycles. The number of fused-ring (bicyclic) bond motifs is 6. The van der Waals surface area contributed by atoms with Gasteiger partial charge in [0, 0.05) is 53.4 Å². The smallest absolute Gasteiger partial charge is 0.0561 e. The molecule has 10 rings (SSSR count). The van der Waals surface area contributed by atoms with Crippen molar-refractivity contribution in [1.29, 1.82) is 0 Å². The zero-order chi connectivity index (χ0) is 33.8. The van der Waals surface area contributed by atoms with Crippen molar-refractivity contribution in [3.8, 4) is 5.69 Å². The quantitative estimate of drug-likeness (QED) is 0.170. The normalized spacial score (nSPS) is 14.4. The Labute approximate surface area is 302 Å². The Morgan fingerprint density at radius 2 is 1.10 bits per heavy atom. The summed E-state index contributed by atoms with van der Waals surface area (Å²) in [6, 6.07) is 63.1. The van der Waals surface area contributed by atoms with Gasteiger partial charge in [0.05, 0.1) is 16.7 Å². The molecule has 0 bridgehead atoms. The summed E-state index contributed by atoms with van der Waals surface area (Å²) < 4.78 is 5.04. The van der Waals surface area contributed by atoms with Gasteiger partial charge in [-0.15, -0.1) is 11.3 Å². The number of aromatic nitrogens is 1. The lowest BCUT2D eigenvalue weighted by Crippen LogP contribution is -2.30. The third-order valence-electron chi connectivity index (χ3n) is 11.3. The average Bonchev–Trinajstić information content (AvgIpc) is 3.75. The summed E-state index contributed by atoms with van der Waals surface area (Å²) in [6.45, 7) is 0. The maximum absolute atomic E-state index is 2.49. The summed E-state index contributed by atoms with van der Waals surface area (Å²) in [6.07, 6.45) is 6.25. The molecule has 246 valence electrons. The first kappa shape index (κ1) is 30.2. The molecule has 9 aromatic rings. The lowest BCUT2D eigenvalue weighted by molar-refractivity contribution is 0.346. The zero-order valence-corrected chi connectivity index (χ0v) is 29.3. The second-order valence-electron chi connectivity index (χ2n) is 14.0. The molecule has 0 radical (unpaired) electrons.